The smallest absolute Gasteiger partial charge is 0.134 e. The summed E-state index contributed by atoms with van der Waals surface area (Å²) >= 11 is 0. The molecule has 3 heteroatoms. The second-order valence-corrected chi connectivity index (χ2v) is 5.77. The summed E-state index contributed by atoms with van der Waals surface area (Å²) in [6.07, 6.45) is 3.12. The monoisotopic (exact) mass is 258 g/mol. The Kier molecular flexibility index (Phi) is 3.58. The van der Waals surface area contributed by atoms with Crippen molar-refractivity contribution in [1.82, 2.24) is 10.2 Å². The van der Waals surface area contributed by atoms with Crippen molar-refractivity contribution >= 4 is 11.0 Å². The van der Waals surface area contributed by atoms with Crippen LogP contribution >= 0.6 is 0 Å². The minimum atomic E-state index is 0.616. The third-order valence-electron chi connectivity index (χ3n) is 4.22. The number of nitrogens with one attached hydrogen (secondary N) is 1. The Bertz CT molecular complexity index is 548. The highest BCUT2D eigenvalue weighted by Crippen LogP contribution is 2.22. The van der Waals surface area contributed by atoms with Crippen LogP contribution in [0, 0.1) is 5.92 Å². The van der Waals surface area contributed by atoms with Crippen LogP contribution < -0.4 is 5.32 Å². The van der Waals surface area contributed by atoms with Crippen LogP contribution in [0.5, 0.6) is 0 Å². The van der Waals surface area contributed by atoms with Gasteiger partial charge in [-0.15, -0.1) is 0 Å². The summed E-state index contributed by atoms with van der Waals surface area (Å²) in [6.45, 7) is 5.61. The first-order chi connectivity index (χ1) is 9.24. The van der Waals surface area contributed by atoms with Crippen molar-refractivity contribution in [2.45, 2.75) is 25.9 Å². The van der Waals surface area contributed by atoms with E-state index in [1.165, 1.54) is 30.5 Å². The molecule has 2 heterocycles. The fourth-order valence-corrected chi connectivity index (χ4v) is 3.07. The topological polar surface area (TPSA) is 28.4 Å². The van der Waals surface area contributed by atoms with Crippen LogP contribution in [0.25, 0.3) is 11.0 Å². The third-order valence-corrected chi connectivity index (χ3v) is 4.22. The fraction of sp³-hybridized carbons (Fsp3) is 0.500. The molecule has 3 nitrogen and oxygen atoms in total. The molecule has 0 amide bonds. The highest BCUT2D eigenvalue weighted by molar-refractivity contribution is 5.80. The van der Waals surface area contributed by atoms with Gasteiger partial charge in [0.05, 0.1) is 6.26 Å². The number of para-hydroxylation sites is 1. The molecule has 1 saturated heterocycles. The first kappa shape index (κ1) is 12.7. The van der Waals surface area contributed by atoms with Crippen LogP contribution in [-0.2, 0) is 6.54 Å². The largest absolute Gasteiger partial charge is 0.464 e. The van der Waals surface area contributed by atoms with Crippen molar-refractivity contribution in [2.24, 2.45) is 5.92 Å². The summed E-state index contributed by atoms with van der Waals surface area (Å²) in [5, 5.41) is 4.93. The van der Waals surface area contributed by atoms with Crippen LogP contribution in [0.1, 0.15) is 18.9 Å². The van der Waals surface area contributed by atoms with E-state index in [0.717, 1.165) is 12.1 Å². The van der Waals surface area contributed by atoms with Crippen LogP contribution in [0.3, 0.4) is 0 Å². The van der Waals surface area contributed by atoms with Crippen molar-refractivity contribution in [3.8, 4) is 0 Å². The van der Waals surface area contributed by atoms with Gasteiger partial charge < -0.3 is 14.6 Å². The van der Waals surface area contributed by atoms with Crippen molar-refractivity contribution in [2.75, 3.05) is 20.1 Å². The summed E-state index contributed by atoms with van der Waals surface area (Å²) in [7, 11) is 2.20. The predicted octanol–water partition coefficient (Wildman–Crippen LogP) is 2.86. The van der Waals surface area contributed by atoms with E-state index in [4.69, 9.17) is 4.42 Å². The molecule has 0 radical (unpaired) electrons. The Hall–Kier alpha value is -1.32. The van der Waals surface area contributed by atoms with E-state index in [0.29, 0.717) is 12.0 Å². The number of piperidine rings is 1. The quantitative estimate of drug-likeness (QED) is 0.917. The van der Waals surface area contributed by atoms with E-state index in [1.54, 1.807) is 0 Å². The van der Waals surface area contributed by atoms with Gasteiger partial charge in [0.2, 0.25) is 0 Å². The molecule has 2 aromatic rings. The molecule has 1 aliphatic heterocycles. The third kappa shape index (κ3) is 2.67. The van der Waals surface area contributed by atoms with Gasteiger partial charge in [-0.25, -0.2) is 0 Å². The molecule has 19 heavy (non-hydrogen) atoms. The summed E-state index contributed by atoms with van der Waals surface area (Å²) in [4.78, 5) is 2.41. The Morgan fingerprint density at radius 2 is 2.21 bits per heavy atom. The lowest BCUT2D eigenvalue weighted by Gasteiger charge is -2.35. The highest BCUT2D eigenvalue weighted by Gasteiger charge is 2.23. The Labute approximate surface area is 114 Å². The van der Waals surface area contributed by atoms with Gasteiger partial charge in [-0.2, -0.15) is 0 Å². The summed E-state index contributed by atoms with van der Waals surface area (Å²) < 4.78 is 5.58. The van der Waals surface area contributed by atoms with E-state index >= 15 is 0 Å². The molecule has 3 rings (SSSR count). The number of hydrogen-bond donors (Lipinski definition) is 1. The molecular formula is C16H22N2O. The minimum absolute atomic E-state index is 0.616. The normalized spacial score (nSPS) is 24.9. The van der Waals surface area contributed by atoms with E-state index in [-0.39, 0.29) is 0 Å². The van der Waals surface area contributed by atoms with E-state index in [2.05, 4.69) is 36.3 Å². The number of furan rings is 1. The summed E-state index contributed by atoms with van der Waals surface area (Å²) in [6, 6.07) is 8.86. The second kappa shape index (κ2) is 5.35. The lowest BCUT2D eigenvalue weighted by molar-refractivity contribution is 0.174. The zero-order valence-electron chi connectivity index (χ0n) is 11.7. The number of benzene rings is 1. The molecule has 1 aromatic carbocycles. The van der Waals surface area contributed by atoms with Gasteiger partial charge in [-0.05, 0) is 32.0 Å². The van der Waals surface area contributed by atoms with Crippen LogP contribution in [0.2, 0.25) is 0 Å². The maximum Gasteiger partial charge on any atom is 0.134 e. The molecule has 0 spiro atoms. The standard InChI is InChI=1S/C16H22N2O/c1-12-10-18(2)8-7-15(12)17-9-13-11-19-16-6-4-3-5-14(13)16/h3-6,11-12,15,17H,7-10H2,1-2H3. The second-order valence-electron chi connectivity index (χ2n) is 5.77. The average molecular weight is 258 g/mol. The van der Waals surface area contributed by atoms with Gasteiger partial charge in [0.25, 0.3) is 0 Å². The van der Waals surface area contributed by atoms with E-state index in [9.17, 15) is 0 Å². The van der Waals surface area contributed by atoms with E-state index < -0.39 is 0 Å². The first-order valence-corrected chi connectivity index (χ1v) is 7.11. The Balaban J connectivity index is 1.66. The van der Waals surface area contributed by atoms with Gasteiger partial charge >= 0.3 is 0 Å². The van der Waals surface area contributed by atoms with E-state index in [1.807, 2.05) is 18.4 Å². The number of nitrogens with zero attached hydrogens (tertiary/aromatic N) is 1. The number of rotatable bonds is 3. The molecule has 1 N–H and O–H groups in total. The van der Waals surface area contributed by atoms with Gasteiger partial charge in [-0.3, -0.25) is 0 Å². The highest BCUT2D eigenvalue weighted by atomic mass is 16.3. The number of likely N-dealkylation sites (tertiary alicyclic amines) is 1. The van der Waals surface area contributed by atoms with Crippen molar-refractivity contribution < 1.29 is 4.42 Å². The lowest BCUT2D eigenvalue weighted by Crippen LogP contribution is -2.46. The summed E-state index contributed by atoms with van der Waals surface area (Å²) in [5.41, 5.74) is 2.25. The Morgan fingerprint density at radius 3 is 3.05 bits per heavy atom. The maximum absolute atomic E-state index is 5.58. The molecule has 1 aliphatic rings. The Morgan fingerprint density at radius 1 is 1.37 bits per heavy atom. The first-order valence-electron chi connectivity index (χ1n) is 7.11. The van der Waals surface area contributed by atoms with Crippen molar-refractivity contribution in [3.63, 3.8) is 0 Å². The lowest BCUT2D eigenvalue weighted by atomic mass is 9.94. The summed E-state index contributed by atoms with van der Waals surface area (Å²) in [5.74, 6) is 0.705. The minimum Gasteiger partial charge on any atom is -0.464 e. The molecule has 0 aliphatic carbocycles. The van der Waals surface area contributed by atoms with Crippen molar-refractivity contribution in [3.05, 3.63) is 36.1 Å². The fourth-order valence-electron chi connectivity index (χ4n) is 3.07. The van der Waals surface area contributed by atoms with Crippen LogP contribution in [-0.4, -0.2) is 31.1 Å². The van der Waals surface area contributed by atoms with Gasteiger partial charge in [0, 0.05) is 30.1 Å². The molecule has 1 aromatic heterocycles. The van der Waals surface area contributed by atoms with Crippen LogP contribution in [0.15, 0.2) is 34.9 Å². The molecule has 0 saturated carbocycles. The molecule has 102 valence electrons. The zero-order chi connectivity index (χ0) is 13.2. The predicted molar refractivity (Wildman–Crippen MR) is 78.1 cm³/mol. The van der Waals surface area contributed by atoms with Gasteiger partial charge in [0.15, 0.2) is 0 Å². The molecule has 0 bridgehead atoms. The average Bonchev–Trinajstić information content (AvgIpc) is 2.81. The van der Waals surface area contributed by atoms with Crippen LogP contribution in [0.4, 0.5) is 0 Å². The number of hydrogen-bond acceptors (Lipinski definition) is 3. The SMILES string of the molecule is CC1CN(C)CCC1NCc1coc2ccccc12. The van der Waals surface area contributed by atoms with Gasteiger partial charge in [-0.1, -0.05) is 25.1 Å². The molecular weight excluding hydrogens is 236 g/mol. The molecule has 1 fully saturated rings. The molecule has 2 unspecified atom stereocenters. The maximum atomic E-state index is 5.58. The van der Waals surface area contributed by atoms with Crippen molar-refractivity contribution in [1.29, 1.82) is 0 Å². The van der Waals surface area contributed by atoms with Gasteiger partial charge in [0.1, 0.15) is 5.58 Å². The zero-order valence-corrected chi connectivity index (χ0v) is 11.7. The molecule has 2 atom stereocenters. The number of fused-ring (bicyclic) bond motifs is 1.